The molecule has 0 aliphatic carbocycles. The van der Waals surface area contributed by atoms with Crippen LogP contribution in [-0.2, 0) is 0 Å². The lowest BCUT2D eigenvalue weighted by Gasteiger charge is -2.07. The Morgan fingerprint density at radius 3 is 2.56 bits per heavy atom. The van der Waals surface area contributed by atoms with Crippen LogP contribution in [0.25, 0.3) is 0 Å². The van der Waals surface area contributed by atoms with Crippen molar-refractivity contribution in [2.24, 2.45) is 4.99 Å². The van der Waals surface area contributed by atoms with Crippen LogP contribution < -0.4 is 0 Å². The molecule has 0 fully saturated rings. The lowest BCUT2D eigenvalue weighted by molar-refractivity contribution is 1.37. The zero-order valence-corrected chi connectivity index (χ0v) is 9.75. The molecule has 0 aromatic heterocycles. The molecule has 1 aromatic carbocycles. The van der Waals surface area contributed by atoms with Crippen LogP contribution in [0.1, 0.15) is 23.6 Å². The van der Waals surface area contributed by atoms with Gasteiger partial charge in [0.1, 0.15) is 0 Å². The number of hydrogen-bond donors (Lipinski definition) is 1. The van der Waals surface area contributed by atoms with Gasteiger partial charge in [0.15, 0.2) is 0 Å². The number of nitrogens with one attached hydrogen (secondary N) is 1. The van der Waals surface area contributed by atoms with Crippen molar-refractivity contribution in [1.29, 1.82) is 5.41 Å². The molecular weight excluding hydrogens is 196 g/mol. The van der Waals surface area contributed by atoms with E-state index in [2.05, 4.69) is 18.2 Å². The quantitative estimate of drug-likeness (QED) is 0.742. The van der Waals surface area contributed by atoms with E-state index in [0.717, 1.165) is 22.4 Å². The second kappa shape index (κ2) is 5.21. The van der Waals surface area contributed by atoms with Crippen LogP contribution in [0.2, 0.25) is 0 Å². The van der Waals surface area contributed by atoms with Gasteiger partial charge >= 0.3 is 0 Å². The maximum atomic E-state index is 7.69. The fourth-order valence-corrected chi connectivity index (χ4v) is 1.53. The Balaban J connectivity index is 3.31. The van der Waals surface area contributed by atoms with Gasteiger partial charge in [0.25, 0.3) is 0 Å². The van der Waals surface area contributed by atoms with Crippen molar-refractivity contribution >= 4 is 11.4 Å². The third-order valence-electron chi connectivity index (χ3n) is 2.36. The van der Waals surface area contributed by atoms with Crippen molar-refractivity contribution < 1.29 is 0 Å². The first-order valence-electron chi connectivity index (χ1n) is 5.08. The first kappa shape index (κ1) is 12.1. The normalized spacial score (nSPS) is 11.0. The molecule has 1 rings (SSSR count). The number of nitrogens with zero attached hydrogens (tertiary/aromatic N) is 1. The van der Waals surface area contributed by atoms with Gasteiger partial charge in [-0.05, 0) is 37.1 Å². The van der Waals surface area contributed by atoms with Crippen LogP contribution >= 0.6 is 0 Å². The highest BCUT2D eigenvalue weighted by molar-refractivity contribution is 6.10. The maximum Gasteiger partial charge on any atom is 0.0696 e. The van der Waals surface area contributed by atoms with Crippen LogP contribution in [-0.4, -0.2) is 11.4 Å². The highest BCUT2D eigenvalue weighted by Gasteiger charge is 2.04. The predicted molar refractivity (Wildman–Crippen MR) is 70.6 cm³/mol. The number of rotatable bonds is 4. The smallest absolute Gasteiger partial charge is 0.0696 e. The Bertz CT molecular complexity index is 468. The minimum absolute atomic E-state index is 0.557. The minimum atomic E-state index is 0.557. The predicted octanol–water partition coefficient (Wildman–Crippen LogP) is 3.50. The first-order chi connectivity index (χ1) is 7.60. The number of benzene rings is 1. The molecule has 0 heterocycles. The molecule has 2 nitrogen and oxygen atoms in total. The molecule has 0 atom stereocenters. The van der Waals surface area contributed by atoms with Crippen molar-refractivity contribution in [2.45, 2.75) is 13.8 Å². The molecule has 1 aromatic rings. The summed E-state index contributed by atoms with van der Waals surface area (Å²) in [6.07, 6.45) is 3.18. The standard InChI is InChI=1S/C14H16N2/c1-5-14(16-6-2)12-8-7-10(3)13(9-12)11(4)15/h5-9,15H,1-2H2,3-4H3. The molecule has 2 heteroatoms. The molecule has 82 valence electrons. The van der Waals surface area contributed by atoms with Crippen molar-refractivity contribution in [3.05, 3.63) is 60.3 Å². The second-order valence-electron chi connectivity index (χ2n) is 3.56. The van der Waals surface area contributed by atoms with Crippen molar-refractivity contribution in [3.63, 3.8) is 0 Å². The molecule has 0 unspecified atom stereocenters. The van der Waals surface area contributed by atoms with Crippen molar-refractivity contribution in [2.75, 3.05) is 0 Å². The lowest BCUT2D eigenvalue weighted by atomic mass is 9.99. The Morgan fingerprint density at radius 2 is 2.06 bits per heavy atom. The van der Waals surface area contributed by atoms with Crippen LogP contribution in [0.4, 0.5) is 0 Å². The Labute approximate surface area is 96.6 Å². The molecule has 16 heavy (non-hydrogen) atoms. The van der Waals surface area contributed by atoms with Crippen LogP contribution in [0, 0.1) is 12.3 Å². The Morgan fingerprint density at radius 1 is 1.38 bits per heavy atom. The lowest BCUT2D eigenvalue weighted by Crippen LogP contribution is -2.02. The fraction of sp³-hybridized carbons (Fsp3) is 0.143. The van der Waals surface area contributed by atoms with E-state index in [0.29, 0.717) is 5.71 Å². The van der Waals surface area contributed by atoms with E-state index in [4.69, 9.17) is 5.41 Å². The minimum Gasteiger partial charge on any atom is -0.305 e. The maximum absolute atomic E-state index is 7.69. The molecule has 0 amide bonds. The average Bonchev–Trinajstić information content (AvgIpc) is 2.26. The van der Waals surface area contributed by atoms with Gasteiger partial charge in [0.2, 0.25) is 0 Å². The van der Waals surface area contributed by atoms with Gasteiger partial charge in [-0.15, -0.1) is 0 Å². The summed E-state index contributed by atoms with van der Waals surface area (Å²) in [6.45, 7) is 11.1. The topological polar surface area (TPSA) is 36.2 Å². The first-order valence-corrected chi connectivity index (χ1v) is 5.08. The van der Waals surface area contributed by atoms with Gasteiger partial charge in [0, 0.05) is 17.5 Å². The zero-order chi connectivity index (χ0) is 12.1. The Hall–Kier alpha value is -1.96. The van der Waals surface area contributed by atoms with Crippen molar-refractivity contribution in [3.8, 4) is 0 Å². The van der Waals surface area contributed by atoms with E-state index in [9.17, 15) is 0 Å². The van der Waals surface area contributed by atoms with Gasteiger partial charge in [-0.1, -0.05) is 25.3 Å². The van der Waals surface area contributed by atoms with E-state index in [1.807, 2.05) is 25.1 Å². The summed E-state index contributed by atoms with van der Waals surface area (Å²) in [4.78, 5) is 4.14. The zero-order valence-electron chi connectivity index (χ0n) is 9.75. The van der Waals surface area contributed by atoms with Gasteiger partial charge in [-0.2, -0.15) is 0 Å². The third kappa shape index (κ3) is 2.54. The summed E-state index contributed by atoms with van der Waals surface area (Å²) >= 11 is 0. The van der Waals surface area contributed by atoms with Crippen LogP contribution in [0.5, 0.6) is 0 Å². The highest BCUT2D eigenvalue weighted by atomic mass is 14.7. The van der Waals surface area contributed by atoms with Gasteiger partial charge in [0.05, 0.1) is 5.71 Å². The summed E-state index contributed by atoms with van der Waals surface area (Å²) in [5.74, 6) is 0. The van der Waals surface area contributed by atoms with E-state index < -0.39 is 0 Å². The van der Waals surface area contributed by atoms with E-state index in [1.165, 1.54) is 6.20 Å². The molecule has 0 radical (unpaired) electrons. The molecule has 0 aliphatic rings. The molecule has 0 spiro atoms. The number of allylic oxidation sites excluding steroid dienone is 1. The van der Waals surface area contributed by atoms with Gasteiger partial charge in [-0.3, -0.25) is 4.99 Å². The molecule has 0 saturated heterocycles. The second-order valence-corrected chi connectivity index (χ2v) is 3.56. The van der Waals surface area contributed by atoms with Crippen LogP contribution in [0.3, 0.4) is 0 Å². The fourth-order valence-electron chi connectivity index (χ4n) is 1.53. The summed E-state index contributed by atoms with van der Waals surface area (Å²) < 4.78 is 0. The van der Waals surface area contributed by atoms with Crippen molar-refractivity contribution in [1.82, 2.24) is 0 Å². The van der Waals surface area contributed by atoms with E-state index in [-0.39, 0.29) is 0 Å². The van der Waals surface area contributed by atoms with E-state index in [1.54, 1.807) is 13.0 Å². The van der Waals surface area contributed by atoms with Crippen LogP contribution in [0.15, 0.2) is 48.6 Å². The third-order valence-corrected chi connectivity index (χ3v) is 2.36. The number of hydrogen-bond acceptors (Lipinski definition) is 2. The highest BCUT2D eigenvalue weighted by Crippen LogP contribution is 2.13. The summed E-state index contributed by atoms with van der Waals surface area (Å²) in [5.41, 5.74) is 4.33. The monoisotopic (exact) mass is 212 g/mol. The number of aryl methyl sites for hydroxylation is 1. The largest absolute Gasteiger partial charge is 0.305 e. The van der Waals surface area contributed by atoms with Gasteiger partial charge < -0.3 is 5.41 Å². The Kier molecular flexibility index (Phi) is 3.95. The van der Waals surface area contributed by atoms with Gasteiger partial charge in [-0.25, -0.2) is 0 Å². The summed E-state index contributed by atoms with van der Waals surface area (Å²) in [5, 5.41) is 7.69. The molecule has 1 N–H and O–H groups in total. The SMILES string of the molecule is C=CN=C(C=C)c1ccc(C)c(C(C)=N)c1. The average molecular weight is 212 g/mol. The van der Waals surface area contributed by atoms with E-state index >= 15 is 0 Å². The molecule has 0 bridgehead atoms. The molecule has 0 aliphatic heterocycles. The molecular formula is C14H16N2. The summed E-state index contributed by atoms with van der Waals surface area (Å²) in [6, 6.07) is 5.93. The number of aliphatic imine (C=N–C) groups is 1. The molecule has 0 saturated carbocycles. The summed E-state index contributed by atoms with van der Waals surface area (Å²) in [7, 11) is 0.